The number of pyridine rings is 1. The highest BCUT2D eigenvalue weighted by atomic mass is 35.5. The molecular weight excluding hydrogens is 516 g/mol. The zero-order valence-electron chi connectivity index (χ0n) is 19.0. The Bertz CT molecular complexity index is 1450. The van der Waals surface area contributed by atoms with Crippen LogP contribution in [0.25, 0.3) is 5.76 Å². The lowest BCUT2D eigenvalue weighted by atomic mass is 9.96. The molecule has 1 atom stereocenters. The van der Waals surface area contributed by atoms with Gasteiger partial charge in [0.2, 0.25) is 5.13 Å². The van der Waals surface area contributed by atoms with Crippen LogP contribution in [0.1, 0.15) is 28.3 Å². The number of aliphatic hydroxyl groups is 1. The second kappa shape index (κ2) is 10.2. The van der Waals surface area contributed by atoms with Crippen molar-refractivity contribution in [2.45, 2.75) is 23.1 Å². The topological polar surface area (TPSA) is 96.3 Å². The Hall–Kier alpha value is -3.53. The summed E-state index contributed by atoms with van der Waals surface area (Å²) in [6.45, 7) is 2.04. The van der Waals surface area contributed by atoms with E-state index in [4.69, 9.17) is 11.6 Å². The lowest BCUT2D eigenvalue weighted by Gasteiger charge is -2.22. The molecule has 1 amide bonds. The van der Waals surface area contributed by atoms with Crippen LogP contribution >= 0.6 is 34.7 Å². The molecule has 180 valence electrons. The number of ketones is 1. The summed E-state index contributed by atoms with van der Waals surface area (Å²) in [6.07, 6.45) is 3.16. The smallest absolute Gasteiger partial charge is 0.301 e. The lowest BCUT2D eigenvalue weighted by Crippen LogP contribution is -2.29. The van der Waals surface area contributed by atoms with Crippen molar-refractivity contribution in [3.8, 4) is 0 Å². The molecule has 1 unspecified atom stereocenters. The summed E-state index contributed by atoms with van der Waals surface area (Å²) in [5.74, 6) is -1.19. The highest BCUT2D eigenvalue weighted by Gasteiger charge is 2.48. The second-order valence-corrected chi connectivity index (χ2v) is 10.7. The standard InChI is InChI=1S/C26H19ClN4O3S2/c1-15-4-6-16(7-5-15)14-35-26-30-29-25(36-26)31-21(18-3-2-12-28-13-18)20(23(33)24(31)34)22(32)17-8-10-19(27)11-9-17/h2-13,21,32H,14H2,1H3. The van der Waals surface area contributed by atoms with Crippen molar-refractivity contribution in [2.24, 2.45) is 0 Å². The van der Waals surface area contributed by atoms with E-state index in [1.165, 1.54) is 33.6 Å². The number of thioether (sulfide) groups is 1. The molecule has 0 radical (unpaired) electrons. The number of nitrogens with zero attached hydrogens (tertiary/aromatic N) is 4. The van der Waals surface area contributed by atoms with Crippen molar-refractivity contribution in [3.05, 3.63) is 106 Å². The van der Waals surface area contributed by atoms with Crippen LogP contribution in [-0.4, -0.2) is 32.0 Å². The van der Waals surface area contributed by atoms with Crippen LogP contribution in [-0.2, 0) is 15.3 Å². The molecule has 1 aliphatic heterocycles. The van der Waals surface area contributed by atoms with Gasteiger partial charge in [0.15, 0.2) is 4.34 Å². The SMILES string of the molecule is Cc1ccc(CSc2nnc(N3C(=O)C(=O)C(=C(O)c4ccc(Cl)cc4)C3c3cccnc3)s2)cc1. The number of carbonyl (C=O) groups excluding carboxylic acids is 2. The summed E-state index contributed by atoms with van der Waals surface area (Å²) in [4.78, 5) is 31.9. The van der Waals surface area contributed by atoms with Gasteiger partial charge >= 0.3 is 5.91 Å². The summed E-state index contributed by atoms with van der Waals surface area (Å²) in [5.41, 5.74) is 3.22. The summed E-state index contributed by atoms with van der Waals surface area (Å²) in [6, 6.07) is 17.2. The Labute approximate surface area is 220 Å². The van der Waals surface area contributed by atoms with E-state index in [2.05, 4.69) is 39.4 Å². The van der Waals surface area contributed by atoms with Crippen molar-refractivity contribution in [1.82, 2.24) is 15.2 Å². The molecule has 0 bridgehead atoms. The number of hydrogen-bond donors (Lipinski definition) is 1. The molecule has 0 saturated carbocycles. The second-order valence-electron chi connectivity index (χ2n) is 8.09. The molecule has 10 heteroatoms. The number of Topliss-reactive ketones (excluding diaryl/α,β-unsaturated/α-hetero) is 1. The predicted octanol–water partition coefficient (Wildman–Crippen LogP) is 5.81. The van der Waals surface area contributed by atoms with Crippen molar-refractivity contribution >= 4 is 57.3 Å². The Morgan fingerprint density at radius 2 is 1.83 bits per heavy atom. The Morgan fingerprint density at radius 1 is 1.08 bits per heavy atom. The van der Waals surface area contributed by atoms with Gasteiger partial charge in [0, 0.05) is 28.7 Å². The zero-order chi connectivity index (χ0) is 25.2. The van der Waals surface area contributed by atoms with Crippen LogP contribution < -0.4 is 4.90 Å². The van der Waals surface area contributed by atoms with Crippen LogP contribution in [0.5, 0.6) is 0 Å². The summed E-state index contributed by atoms with van der Waals surface area (Å²) >= 11 is 8.70. The molecule has 4 aromatic rings. The molecule has 0 spiro atoms. The first-order chi connectivity index (χ1) is 17.4. The maximum Gasteiger partial charge on any atom is 0.301 e. The summed E-state index contributed by atoms with van der Waals surface area (Å²) in [5, 5.41) is 20.3. The van der Waals surface area contributed by atoms with Gasteiger partial charge in [0.1, 0.15) is 5.76 Å². The van der Waals surface area contributed by atoms with E-state index in [1.807, 2.05) is 6.92 Å². The van der Waals surface area contributed by atoms with Crippen LogP contribution in [0.4, 0.5) is 5.13 Å². The van der Waals surface area contributed by atoms with Crippen LogP contribution in [0.3, 0.4) is 0 Å². The first-order valence-electron chi connectivity index (χ1n) is 10.9. The number of amides is 1. The molecule has 2 aromatic carbocycles. The Kier molecular flexibility index (Phi) is 6.86. The van der Waals surface area contributed by atoms with Gasteiger partial charge < -0.3 is 5.11 Å². The first kappa shape index (κ1) is 24.2. The number of aromatic nitrogens is 3. The largest absolute Gasteiger partial charge is 0.507 e. The highest BCUT2D eigenvalue weighted by Crippen LogP contribution is 2.43. The minimum atomic E-state index is -0.905. The molecule has 1 aliphatic rings. The molecule has 1 fully saturated rings. The fourth-order valence-corrected chi connectivity index (χ4v) is 5.78. The first-order valence-corrected chi connectivity index (χ1v) is 13.1. The molecule has 36 heavy (non-hydrogen) atoms. The van der Waals surface area contributed by atoms with Gasteiger partial charge in [-0.1, -0.05) is 70.6 Å². The van der Waals surface area contributed by atoms with Crippen molar-refractivity contribution in [3.63, 3.8) is 0 Å². The summed E-state index contributed by atoms with van der Waals surface area (Å²) < 4.78 is 0.662. The van der Waals surface area contributed by atoms with Crippen molar-refractivity contribution in [1.29, 1.82) is 0 Å². The molecule has 7 nitrogen and oxygen atoms in total. The van der Waals surface area contributed by atoms with Crippen molar-refractivity contribution < 1.29 is 14.7 Å². The number of rotatable bonds is 6. The quantitative estimate of drug-likeness (QED) is 0.109. The molecule has 0 aliphatic carbocycles. The molecule has 1 N–H and O–H groups in total. The maximum atomic E-state index is 13.2. The van der Waals surface area contributed by atoms with Gasteiger partial charge in [0.05, 0.1) is 11.6 Å². The predicted molar refractivity (Wildman–Crippen MR) is 141 cm³/mol. The van der Waals surface area contributed by atoms with Gasteiger partial charge in [-0.3, -0.25) is 19.5 Å². The fourth-order valence-electron chi connectivity index (χ4n) is 3.83. The third-order valence-corrected chi connectivity index (χ3v) is 8.03. The van der Waals surface area contributed by atoms with Crippen LogP contribution in [0.15, 0.2) is 83.0 Å². The number of carbonyl (C=O) groups is 2. The van der Waals surface area contributed by atoms with Crippen molar-refractivity contribution in [2.75, 3.05) is 4.90 Å². The minimum Gasteiger partial charge on any atom is -0.507 e. The van der Waals surface area contributed by atoms with E-state index in [0.29, 0.717) is 26.2 Å². The molecule has 3 heterocycles. The average molecular weight is 535 g/mol. The average Bonchev–Trinajstić information content (AvgIpc) is 3.46. The number of aryl methyl sites for hydroxylation is 1. The van der Waals surface area contributed by atoms with Gasteiger partial charge in [-0.05, 0) is 48.4 Å². The molecule has 1 saturated heterocycles. The van der Waals surface area contributed by atoms with E-state index < -0.39 is 17.7 Å². The van der Waals surface area contributed by atoms with E-state index in [9.17, 15) is 14.7 Å². The molecule has 2 aromatic heterocycles. The number of benzene rings is 2. The van der Waals surface area contributed by atoms with Crippen LogP contribution in [0.2, 0.25) is 5.02 Å². The van der Waals surface area contributed by atoms with Gasteiger partial charge in [-0.15, -0.1) is 10.2 Å². The molecular formula is C26H19ClN4O3S2. The van der Waals surface area contributed by atoms with Gasteiger partial charge in [0.25, 0.3) is 5.78 Å². The fraction of sp³-hybridized carbons (Fsp3) is 0.115. The number of halogens is 1. The van der Waals surface area contributed by atoms with Crippen LogP contribution in [0, 0.1) is 6.92 Å². The third kappa shape index (κ3) is 4.77. The number of hydrogen-bond acceptors (Lipinski definition) is 8. The van der Waals surface area contributed by atoms with E-state index >= 15 is 0 Å². The number of anilines is 1. The molecule has 5 rings (SSSR count). The highest BCUT2D eigenvalue weighted by molar-refractivity contribution is 8.00. The zero-order valence-corrected chi connectivity index (χ0v) is 21.3. The van der Waals surface area contributed by atoms with E-state index in [1.54, 1.807) is 48.8 Å². The summed E-state index contributed by atoms with van der Waals surface area (Å²) in [7, 11) is 0. The minimum absolute atomic E-state index is 0.0422. The van der Waals surface area contributed by atoms with Gasteiger partial charge in [-0.25, -0.2) is 0 Å². The number of aliphatic hydroxyl groups excluding tert-OH is 1. The maximum absolute atomic E-state index is 13.2. The van der Waals surface area contributed by atoms with E-state index in [0.717, 1.165) is 5.56 Å². The third-order valence-electron chi connectivity index (χ3n) is 5.65. The monoisotopic (exact) mass is 534 g/mol. The Morgan fingerprint density at radius 3 is 2.53 bits per heavy atom. The normalized spacial score (nSPS) is 17.1. The van der Waals surface area contributed by atoms with Gasteiger partial charge in [-0.2, -0.15) is 0 Å². The Balaban J connectivity index is 1.51. The van der Waals surface area contributed by atoms with E-state index in [-0.39, 0.29) is 16.5 Å². The lowest BCUT2D eigenvalue weighted by molar-refractivity contribution is -0.132.